The monoisotopic (exact) mass is 284 g/mol. The summed E-state index contributed by atoms with van der Waals surface area (Å²) in [7, 11) is 0. The van der Waals surface area contributed by atoms with Crippen LogP contribution in [0.3, 0.4) is 0 Å². The highest BCUT2D eigenvalue weighted by atomic mass is 16.4. The summed E-state index contributed by atoms with van der Waals surface area (Å²) in [6.07, 6.45) is 8.16. The van der Waals surface area contributed by atoms with Crippen molar-refractivity contribution >= 4 is 11.9 Å². The maximum absolute atomic E-state index is 10.5. The molecule has 0 amide bonds. The molecule has 4 nitrogen and oxygen atoms in total. The van der Waals surface area contributed by atoms with Crippen molar-refractivity contribution in [2.75, 3.05) is 0 Å². The van der Waals surface area contributed by atoms with Crippen LogP contribution in [-0.2, 0) is 9.59 Å². The highest BCUT2D eigenvalue weighted by Gasteiger charge is 2.24. The molecule has 116 valence electrons. The summed E-state index contributed by atoms with van der Waals surface area (Å²) in [6, 6.07) is 0. The number of aliphatic carboxylic acids is 2. The third kappa shape index (κ3) is 5.93. The average molecular weight is 284 g/mol. The fraction of sp³-hybridized carbons (Fsp3) is 0.875. The number of carbonyl (C=O) groups is 2. The number of hydrogen-bond donors (Lipinski definition) is 2. The number of carboxylic acids is 2. The van der Waals surface area contributed by atoms with E-state index in [-0.39, 0.29) is 11.8 Å². The molecule has 4 atom stereocenters. The van der Waals surface area contributed by atoms with Crippen molar-refractivity contribution in [1.82, 2.24) is 0 Å². The molecule has 2 rings (SSSR count). The van der Waals surface area contributed by atoms with Crippen LogP contribution in [0, 0.1) is 23.7 Å². The molecular formula is C16H28O4. The molecule has 0 aromatic heterocycles. The standard InChI is InChI=1S/2C8H14O2/c2*1-6-3-2-4-7(5-6)8(9)10/h2*6-7H,2-5H2,1H3,(H,9,10)/t2*6-,7+/m10/s1. The Morgan fingerprint density at radius 3 is 1.30 bits per heavy atom. The molecule has 0 bridgehead atoms. The predicted molar refractivity (Wildman–Crippen MR) is 77.5 cm³/mol. The van der Waals surface area contributed by atoms with Gasteiger partial charge >= 0.3 is 11.9 Å². The highest BCUT2D eigenvalue weighted by Crippen LogP contribution is 2.29. The summed E-state index contributed by atoms with van der Waals surface area (Å²) in [6.45, 7) is 4.27. The average Bonchev–Trinajstić information content (AvgIpc) is 2.39. The van der Waals surface area contributed by atoms with Gasteiger partial charge in [0.05, 0.1) is 11.8 Å². The summed E-state index contributed by atoms with van der Waals surface area (Å²) < 4.78 is 0. The van der Waals surface area contributed by atoms with E-state index < -0.39 is 11.9 Å². The lowest BCUT2D eigenvalue weighted by atomic mass is 9.83. The number of carboxylic acid groups (broad SMARTS) is 2. The van der Waals surface area contributed by atoms with Gasteiger partial charge in [0, 0.05) is 0 Å². The number of rotatable bonds is 2. The van der Waals surface area contributed by atoms with Crippen LogP contribution >= 0.6 is 0 Å². The quantitative estimate of drug-likeness (QED) is 0.809. The normalized spacial score (nSPS) is 33.7. The minimum atomic E-state index is -0.605. The van der Waals surface area contributed by atoms with E-state index in [0.717, 1.165) is 38.5 Å². The Balaban J connectivity index is 0.000000200. The first-order valence-corrected chi connectivity index (χ1v) is 7.85. The van der Waals surface area contributed by atoms with Gasteiger partial charge in [0.1, 0.15) is 0 Å². The predicted octanol–water partition coefficient (Wildman–Crippen LogP) is 3.79. The molecule has 0 aromatic rings. The minimum Gasteiger partial charge on any atom is -0.481 e. The topological polar surface area (TPSA) is 74.6 Å². The van der Waals surface area contributed by atoms with Crippen LogP contribution < -0.4 is 0 Å². The van der Waals surface area contributed by atoms with E-state index >= 15 is 0 Å². The van der Waals surface area contributed by atoms with Gasteiger partial charge in [0.2, 0.25) is 0 Å². The third-order valence-electron chi connectivity index (χ3n) is 4.57. The van der Waals surface area contributed by atoms with Gasteiger partial charge in [-0.25, -0.2) is 0 Å². The lowest BCUT2D eigenvalue weighted by Gasteiger charge is -2.22. The molecule has 2 N–H and O–H groups in total. The summed E-state index contributed by atoms with van der Waals surface area (Å²) in [5.41, 5.74) is 0. The van der Waals surface area contributed by atoms with Crippen molar-refractivity contribution < 1.29 is 19.8 Å². The second kappa shape index (κ2) is 8.28. The van der Waals surface area contributed by atoms with Gasteiger partial charge in [-0.2, -0.15) is 0 Å². The summed E-state index contributed by atoms with van der Waals surface area (Å²) >= 11 is 0. The van der Waals surface area contributed by atoms with Crippen molar-refractivity contribution in [3.63, 3.8) is 0 Å². The third-order valence-corrected chi connectivity index (χ3v) is 4.57. The molecule has 2 aliphatic carbocycles. The molecular weight excluding hydrogens is 256 g/mol. The van der Waals surface area contributed by atoms with E-state index in [1.54, 1.807) is 0 Å². The van der Waals surface area contributed by atoms with Crippen molar-refractivity contribution in [2.24, 2.45) is 23.7 Å². The molecule has 2 saturated carbocycles. The Bertz CT molecular complexity index is 294. The molecule has 0 unspecified atom stereocenters. The SMILES string of the molecule is C[C@@H]1CCC[C@H](C(=O)O)C1.C[C@H]1CCC[C@@H](C(=O)O)C1. The second-order valence-corrected chi connectivity index (χ2v) is 6.61. The first-order chi connectivity index (χ1) is 9.40. The van der Waals surface area contributed by atoms with Gasteiger partial charge in [0.25, 0.3) is 0 Å². The van der Waals surface area contributed by atoms with Gasteiger partial charge in [-0.1, -0.05) is 39.5 Å². The highest BCUT2D eigenvalue weighted by molar-refractivity contribution is 5.70. The van der Waals surface area contributed by atoms with Crippen LogP contribution in [-0.4, -0.2) is 22.2 Å². The lowest BCUT2D eigenvalue weighted by molar-refractivity contribution is -0.144. The fourth-order valence-electron chi connectivity index (χ4n) is 3.32. The van der Waals surface area contributed by atoms with E-state index in [2.05, 4.69) is 13.8 Å². The van der Waals surface area contributed by atoms with Crippen molar-refractivity contribution in [3.8, 4) is 0 Å². The Hall–Kier alpha value is -1.06. The lowest BCUT2D eigenvalue weighted by Crippen LogP contribution is -2.20. The zero-order valence-electron chi connectivity index (χ0n) is 12.7. The molecule has 0 spiro atoms. The zero-order valence-corrected chi connectivity index (χ0v) is 12.7. The van der Waals surface area contributed by atoms with E-state index in [1.165, 1.54) is 12.8 Å². The molecule has 2 aliphatic rings. The molecule has 20 heavy (non-hydrogen) atoms. The summed E-state index contributed by atoms with van der Waals surface area (Å²) in [5, 5.41) is 17.3. The molecule has 0 radical (unpaired) electrons. The number of hydrogen-bond acceptors (Lipinski definition) is 2. The molecule has 0 saturated heterocycles. The van der Waals surface area contributed by atoms with Crippen molar-refractivity contribution in [1.29, 1.82) is 0 Å². The van der Waals surface area contributed by atoms with Gasteiger partial charge in [0.15, 0.2) is 0 Å². The van der Waals surface area contributed by atoms with Crippen LogP contribution in [0.1, 0.15) is 65.2 Å². The van der Waals surface area contributed by atoms with Gasteiger partial charge in [-0.05, 0) is 37.5 Å². The molecule has 0 heterocycles. The van der Waals surface area contributed by atoms with Crippen LogP contribution in [0.2, 0.25) is 0 Å². The largest absolute Gasteiger partial charge is 0.481 e. The first kappa shape index (κ1) is 17.0. The van der Waals surface area contributed by atoms with Crippen LogP contribution in [0.15, 0.2) is 0 Å². The van der Waals surface area contributed by atoms with E-state index in [4.69, 9.17) is 10.2 Å². The Kier molecular flexibility index (Phi) is 7.03. The Morgan fingerprint density at radius 1 is 0.750 bits per heavy atom. The van der Waals surface area contributed by atoms with E-state index in [0.29, 0.717) is 11.8 Å². The van der Waals surface area contributed by atoms with Gasteiger partial charge in [-0.3, -0.25) is 9.59 Å². The summed E-state index contributed by atoms with van der Waals surface area (Å²) in [4.78, 5) is 21.0. The molecule has 2 fully saturated rings. The Morgan fingerprint density at radius 2 is 1.10 bits per heavy atom. The zero-order chi connectivity index (χ0) is 15.1. The van der Waals surface area contributed by atoms with Crippen LogP contribution in [0.25, 0.3) is 0 Å². The summed E-state index contributed by atoms with van der Waals surface area (Å²) in [5.74, 6) is -0.0738. The Labute approximate surface area is 121 Å². The van der Waals surface area contributed by atoms with E-state index in [9.17, 15) is 9.59 Å². The molecule has 0 aliphatic heterocycles. The fourth-order valence-corrected chi connectivity index (χ4v) is 3.32. The first-order valence-electron chi connectivity index (χ1n) is 7.85. The van der Waals surface area contributed by atoms with Crippen molar-refractivity contribution in [2.45, 2.75) is 65.2 Å². The smallest absolute Gasteiger partial charge is 0.306 e. The maximum atomic E-state index is 10.5. The van der Waals surface area contributed by atoms with Crippen LogP contribution in [0.4, 0.5) is 0 Å². The molecule has 0 aromatic carbocycles. The minimum absolute atomic E-state index is 0.0521. The van der Waals surface area contributed by atoms with Crippen LogP contribution in [0.5, 0.6) is 0 Å². The van der Waals surface area contributed by atoms with Gasteiger partial charge < -0.3 is 10.2 Å². The second-order valence-electron chi connectivity index (χ2n) is 6.61. The van der Waals surface area contributed by atoms with Crippen molar-refractivity contribution in [3.05, 3.63) is 0 Å². The molecule has 4 heteroatoms. The maximum Gasteiger partial charge on any atom is 0.306 e. The van der Waals surface area contributed by atoms with E-state index in [1.807, 2.05) is 0 Å². The van der Waals surface area contributed by atoms with Gasteiger partial charge in [-0.15, -0.1) is 0 Å².